The quantitative estimate of drug-likeness (QED) is 0.719. The van der Waals surface area contributed by atoms with Crippen LogP contribution < -0.4 is 11.1 Å². The van der Waals surface area contributed by atoms with Gasteiger partial charge in [0.05, 0.1) is 18.0 Å². The predicted octanol–water partition coefficient (Wildman–Crippen LogP) is 2.46. The van der Waals surface area contributed by atoms with Crippen LogP contribution in [-0.4, -0.2) is 55.3 Å². The van der Waals surface area contributed by atoms with E-state index in [0.29, 0.717) is 31.7 Å². The molecule has 0 radical (unpaired) electrons. The molecule has 0 aliphatic carbocycles. The lowest BCUT2D eigenvalue weighted by atomic mass is 9.85. The molecule has 0 spiro atoms. The van der Waals surface area contributed by atoms with Crippen molar-refractivity contribution in [1.29, 1.82) is 5.26 Å². The highest BCUT2D eigenvalue weighted by molar-refractivity contribution is 5.98. The lowest BCUT2D eigenvalue weighted by Gasteiger charge is -2.40. The van der Waals surface area contributed by atoms with Crippen LogP contribution in [0.2, 0.25) is 0 Å². The predicted molar refractivity (Wildman–Crippen MR) is 116 cm³/mol. The molecule has 170 valence electrons. The molecular formula is C21H28N8O3. The zero-order valence-electron chi connectivity index (χ0n) is 18.8. The van der Waals surface area contributed by atoms with Crippen LogP contribution in [0.4, 0.5) is 16.4 Å². The van der Waals surface area contributed by atoms with E-state index in [9.17, 15) is 14.9 Å². The Hall–Kier alpha value is -3.68. The standard InChI is InChI=1S/C21H28N8O3/c1-14-11-16(25-13-24-14)26-18-15(17(23)30)12-29(27-18)21(5-8-22)6-9-28(10-7-21)19(31)32-20(2,3)4/h11-13H,5-7,9-10H2,1-4H3,(H2,23,30)(H,24,25,26,27). The molecule has 2 aromatic rings. The molecule has 11 nitrogen and oxygen atoms in total. The van der Waals surface area contributed by atoms with Gasteiger partial charge in [0.25, 0.3) is 5.91 Å². The molecule has 0 aromatic carbocycles. The first kappa shape index (κ1) is 23.0. The van der Waals surface area contributed by atoms with Crippen molar-refractivity contribution in [3.63, 3.8) is 0 Å². The van der Waals surface area contributed by atoms with Gasteiger partial charge in [-0.15, -0.1) is 0 Å². The lowest BCUT2D eigenvalue weighted by molar-refractivity contribution is 0.0105. The molecule has 0 saturated carbocycles. The molecule has 0 bridgehead atoms. The Balaban J connectivity index is 1.86. The maximum absolute atomic E-state index is 12.4. The van der Waals surface area contributed by atoms with Gasteiger partial charge >= 0.3 is 6.09 Å². The summed E-state index contributed by atoms with van der Waals surface area (Å²) in [4.78, 5) is 34.3. The topological polar surface area (TPSA) is 152 Å². The van der Waals surface area contributed by atoms with Gasteiger partial charge in [-0.1, -0.05) is 0 Å². The number of piperidine rings is 1. The number of nitriles is 1. The number of nitrogens with zero attached hydrogens (tertiary/aromatic N) is 6. The van der Waals surface area contributed by atoms with E-state index >= 15 is 0 Å². The number of nitrogens with one attached hydrogen (secondary N) is 1. The Bertz CT molecular complexity index is 1040. The number of primary amides is 1. The van der Waals surface area contributed by atoms with E-state index in [4.69, 9.17) is 10.5 Å². The molecule has 3 rings (SSSR count). The average molecular weight is 441 g/mol. The van der Waals surface area contributed by atoms with Crippen molar-refractivity contribution in [3.8, 4) is 6.07 Å². The van der Waals surface area contributed by atoms with Crippen LogP contribution in [0.25, 0.3) is 0 Å². The van der Waals surface area contributed by atoms with E-state index in [1.807, 2.05) is 27.7 Å². The maximum atomic E-state index is 12.4. The minimum absolute atomic E-state index is 0.168. The van der Waals surface area contributed by atoms with E-state index in [1.165, 1.54) is 6.33 Å². The summed E-state index contributed by atoms with van der Waals surface area (Å²) in [6.07, 6.45) is 3.70. The fourth-order valence-corrected chi connectivity index (χ4v) is 3.60. The number of likely N-dealkylation sites (tertiary alicyclic amines) is 1. The molecule has 2 aromatic heterocycles. The minimum Gasteiger partial charge on any atom is -0.444 e. The zero-order chi connectivity index (χ0) is 23.5. The third-order valence-electron chi connectivity index (χ3n) is 5.27. The van der Waals surface area contributed by atoms with Crippen LogP contribution in [0.3, 0.4) is 0 Å². The third kappa shape index (κ3) is 5.14. The van der Waals surface area contributed by atoms with Crippen molar-refractivity contribution < 1.29 is 14.3 Å². The van der Waals surface area contributed by atoms with Gasteiger partial charge in [-0.25, -0.2) is 14.8 Å². The minimum atomic E-state index is -0.682. The van der Waals surface area contributed by atoms with Gasteiger partial charge in [0.15, 0.2) is 5.82 Å². The fraction of sp³-hybridized carbons (Fsp3) is 0.524. The van der Waals surface area contributed by atoms with Gasteiger partial charge in [0, 0.05) is 31.0 Å². The number of hydrogen-bond acceptors (Lipinski definition) is 8. The Kier molecular flexibility index (Phi) is 6.34. The first-order chi connectivity index (χ1) is 15.0. The highest BCUT2D eigenvalue weighted by Crippen LogP contribution is 2.35. The van der Waals surface area contributed by atoms with E-state index in [1.54, 1.807) is 21.8 Å². The van der Waals surface area contributed by atoms with Gasteiger partial charge in [-0.05, 0) is 40.5 Å². The Morgan fingerprint density at radius 1 is 1.31 bits per heavy atom. The molecule has 3 heterocycles. The van der Waals surface area contributed by atoms with Gasteiger partial charge in [-0.3, -0.25) is 9.48 Å². The number of nitrogens with two attached hydrogens (primary N) is 1. The molecule has 1 aliphatic rings. The van der Waals surface area contributed by atoms with Crippen LogP contribution in [0.15, 0.2) is 18.6 Å². The SMILES string of the molecule is Cc1cc(Nc2nn(C3(CC#N)CCN(C(=O)OC(C)(C)C)CC3)cc2C(N)=O)ncn1. The number of aryl methyl sites for hydroxylation is 1. The van der Waals surface area contributed by atoms with Crippen molar-refractivity contribution in [2.45, 2.75) is 58.1 Å². The van der Waals surface area contributed by atoms with E-state index in [-0.39, 0.29) is 23.9 Å². The van der Waals surface area contributed by atoms with Crippen molar-refractivity contribution >= 4 is 23.6 Å². The fourth-order valence-electron chi connectivity index (χ4n) is 3.60. The van der Waals surface area contributed by atoms with Crippen LogP contribution in [0.5, 0.6) is 0 Å². The van der Waals surface area contributed by atoms with Crippen molar-refractivity contribution in [2.24, 2.45) is 5.73 Å². The Morgan fingerprint density at radius 3 is 2.56 bits per heavy atom. The molecule has 1 saturated heterocycles. The molecule has 32 heavy (non-hydrogen) atoms. The lowest BCUT2D eigenvalue weighted by Crippen LogP contribution is -2.49. The highest BCUT2D eigenvalue weighted by Gasteiger charge is 2.40. The summed E-state index contributed by atoms with van der Waals surface area (Å²) >= 11 is 0. The summed E-state index contributed by atoms with van der Waals surface area (Å²) in [6.45, 7) is 8.07. The Labute approximate surface area is 186 Å². The van der Waals surface area contributed by atoms with Crippen LogP contribution in [0.1, 0.15) is 56.1 Å². The molecule has 2 amide bonds. The summed E-state index contributed by atoms with van der Waals surface area (Å²) in [7, 11) is 0. The van der Waals surface area contributed by atoms with Crippen molar-refractivity contribution in [1.82, 2.24) is 24.6 Å². The smallest absolute Gasteiger partial charge is 0.410 e. The first-order valence-corrected chi connectivity index (χ1v) is 10.3. The molecule has 1 fully saturated rings. The number of carbonyl (C=O) groups is 2. The number of hydrogen-bond donors (Lipinski definition) is 2. The molecule has 0 unspecified atom stereocenters. The molecule has 11 heteroatoms. The zero-order valence-corrected chi connectivity index (χ0v) is 18.8. The van der Waals surface area contributed by atoms with E-state index in [0.717, 1.165) is 5.69 Å². The second kappa shape index (κ2) is 8.82. The number of carbonyl (C=O) groups excluding carboxylic acids is 2. The summed E-state index contributed by atoms with van der Waals surface area (Å²) < 4.78 is 7.08. The van der Waals surface area contributed by atoms with Crippen molar-refractivity contribution in [3.05, 3.63) is 29.8 Å². The maximum Gasteiger partial charge on any atom is 0.410 e. The second-order valence-electron chi connectivity index (χ2n) is 8.90. The normalized spacial score (nSPS) is 15.7. The number of ether oxygens (including phenoxy) is 1. The van der Waals surface area contributed by atoms with Gasteiger partial charge in [0.2, 0.25) is 0 Å². The van der Waals surface area contributed by atoms with Crippen LogP contribution in [-0.2, 0) is 10.3 Å². The molecule has 1 aliphatic heterocycles. The Morgan fingerprint density at radius 2 is 2.00 bits per heavy atom. The van der Waals surface area contributed by atoms with E-state index < -0.39 is 17.0 Å². The van der Waals surface area contributed by atoms with Gasteiger partial charge in [-0.2, -0.15) is 10.4 Å². The first-order valence-electron chi connectivity index (χ1n) is 10.3. The number of amides is 2. The highest BCUT2D eigenvalue weighted by atomic mass is 16.6. The summed E-state index contributed by atoms with van der Waals surface area (Å²) in [5.74, 6) is 0.0737. The van der Waals surface area contributed by atoms with E-state index in [2.05, 4.69) is 26.5 Å². The van der Waals surface area contributed by atoms with Crippen molar-refractivity contribution in [2.75, 3.05) is 18.4 Å². The van der Waals surface area contributed by atoms with Crippen LogP contribution >= 0.6 is 0 Å². The second-order valence-corrected chi connectivity index (χ2v) is 8.90. The summed E-state index contributed by atoms with van der Waals surface area (Å²) in [5.41, 5.74) is 5.25. The monoisotopic (exact) mass is 440 g/mol. The van der Waals surface area contributed by atoms with Crippen LogP contribution in [0, 0.1) is 18.3 Å². The molecule has 0 atom stereocenters. The largest absolute Gasteiger partial charge is 0.444 e. The average Bonchev–Trinajstić information content (AvgIpc) is 3.12. The third-order valence-corrected chi connectivity index (χ3v) is 5.27. The summed E-state index contributed by atoms with van der Waals surface area (Å²) in [6, 6.07) is 3.94. The van der Waals surface area contributed by atoms with Gasteiger partial charge < -0.3 is 20.7 Å². The van der Waals surface area contributed by atoms with Gasteiger partial charge in [0.1, 0.15) is 23.3 Å². The number of anilines is 2. The number of aromatic nitrogens is 4. The summed E-state index contributed by atoms with van der Waals surface area (Å²) in [5, 5.41) is 17.1. The molecular weight excluding hydrogens is 412 g/mol. The number of rotatable bonds is 5. The molecule has 3 N–H and O–H groups in total.